The summed E-state index contributed by atoms with van der Waals surface area (Å²) >= 11 is 1.56. The monoisotopic (exact) mass is 299 g/mol. The van der Waals surface area contributed by atoms with E-state index < -0.39 is 0 Å². The van der Waals surface area contributed by atoms with Gasteiger partial charge in [-0.2, -0.15) is 4.68 Å². The van der Waals surface area contributed by atoms with Crippen LogP contribution in [0.3, 0.4) is 0 Å². The minimum Gasteiger partial charge on any atom is -0.382 e. The van der Waals surface area contributed by atoms with Crippen LogP contribution < -0.4 is 11.1 Å². The number of hydrogen-bond donors (Lipinski definition) is 2. The molecule has 0 aliphatic heterocycles. The van der Waals surface area contributed by atoms with Crippen molar-refractivity contribution in [3.8, 4) is 16.3 Å². The van der Waals surface area contributed by atoms with Gasteiger partial charge >= 0.3 is 0 Å². The lowest BCUT2D eigenvalue weighted by atomic mass is 10.2. The fourth-order valence-electron chi connectivity index (χ4n) is 1.99. The highest BCUT2D eigenvalue weighted by Gasteiger charge is 2.14. The molecule has 0 fully saturated rings. The fraction of sp³-hybridized carbons (Fsp3) is 0.0714. The lowest BCUT2D eigenvalue weighted by Crippen LogP contribution is -2.07. The van der Waals surface area contributed by atoms with Gasteiger partial charge in [0.1, 0.15) is 5.69 Å². The summed E-state index contributed by atoms with van der Waals surface area (Å²) in [5.74, 6) is 0.343. The van der Waals surface area contributed by atoms with E-state index in [1.807, 2.05) is 29.6 Å². The first kappa shape index (κ1) is 13.3. The van der Waals surface area contributed by atoms with Crippen LogP contribution >= 0.6 is 11.3 Å². The molecule has 0 bridgehead atoms. The lowest BCUT2D eigenvalue weighted by Gasteiger charge is -2.06. The van der Waals surface area contributed by atoms with Gasteiger partial charge in [-0.05, 0) is 29.6 Å². The molecule has 2 aromatic heterocycles. The Morgan fingerprint density at radius 2 is 2.19 bits per heavy atom. The number of nitrogens with one attached hydrogen (secondary N) is 1. The van der Waals surface area contributed by atoms with Crippen molar-refractivity contribution in [3.63, 3.8) is 0 Å². The number of thiophene rings is 1. The molecule has 0 spiro atoms. The number of nitrogens with zero attached hydrogens (tertiary/aromatic N) is 3. The van der Waals surface area contributed by atoms with Crippen molar-refractivity contribution < 1.29 is 4.79 Å². The standard InChI is InChI=1S/C14H13N5OS/c1-9(20)16-10-4-2-5-11(8-10)19-14(15)13(17-18-19)12-6-3-7-21-12/h2-8H,15H2,1H3,(H,16,20). The molecule has 3 N–H and O–H groups in total. The Hall–Kier alpha value is -2.67. The summed E-state index contributed by atoms with van der Waals surface area (Å²) in [7, 11) is 0. The van der Waals surface area contributed by atoms with Gasteiger partial charge in [0, 0.05) is 12.6 Å². The van der Waals surface area contributed by atoms with E-state index in [1.54, 1.807) is 28.2 Å². The zero-order valence-corrected chi connectivity index (χ0v) is 12.1. The minimum absolute atomic E-state index is 0.127. The summed E-state index contributed by atoms with van der Waals surface area (Å²) in [6.07, 6.45) is 0. The van der Waals surface area contributed by atoms with Crippen LogP contribution in [0.5, 0.6) is 0 Å². The number of aromatic nitrogens is 3. The Balaban J connectivity index is 2.00. The highest BCUT2D eigenvalue weighted by atomic mass is 32.1. The van der Waals surface area contributed by atoms with Crippen molar-refractivity contribution in [2.45, 2.75) is 6.92 Å². The van der Waals surface area contributed by atoms with Crippen LogP contribution in [-0.4, -0.2) is 20.9 Å². The second kappa shape index (κ2) is 5.37. The quantitative estimate of drug-likeness (QED) is 0.778. The predicted molar refractivity (Wildman–Crippen MR) is 83.4 cm³/mol. The predicted octanol–water partition coefficient (Wildman–Crippen LogP) is 2.54. The fourth-order valence-corrected chi connectivity index (χ4v) is 2.71. The van der Waals surface area contributed by atoms with E-state index in [1.165, 1.54) is 6.92 Å². The molecule has 0 atom stereocenters. The first-order valence-electron chi connectivity index (χ1n) is 6.28. The second-order valence-corrected chi connectivity index (χ2v) is 5.39. The molecule has 106 valence electrons. The van der Waals surface area contributed by atoms with E-state index in [0.717, 1.165) is 10.6 Å². The lowest BCUT2D eigenvalue weighted by molar-refractivity contribution is -0.114. The van der Waals surface area contributed by atoms with Gasteiger partial charge in [0.25, 0.3) is 0 Å². The Morgan fingerprint density at radius 3 is 2.90 bits per heavy atom. The number of carbonyl (C=O) groups is 1. The summed E-state index contributed by atoms with van der Waals surface area (Å²) in [5, 5.41) is 12.9. The molecule has 1 aromatic carbocycles. The van der Waals surface area contributed by atoms with Gasteiger partial charge in [0.15, 0.2) is 5.82 Å². The topological polar surface area (TPSA) is 85.8 Å². The maximum absolute atomic E-state index is 11.1. The van der Waals surface area contributed by atoms with Gasteiger partial charge < -0.3 is 11.1 Å². The zero-order valence-electron chi connectivity index (χ0n) is 11.3. The van der Waals surface area contributed by atoms with Gasteiger partial charge in [-0.1, -0.05) is 17.3 Å². The van der Waals surface area contributed by atoms with Gasteiger partial charge in [0.05, 0.1) is 10.6 Å². The van der Waals surface area contributed by atoms with E-state index in [0.29, 0.717) is 17.2 Å². The van der Waals surface area contributed by atoms with Crippen molar-refractivity contribution in [3.05, 3.63) is 41.8 Å². The van der Waals surface area contributed by atoms with Crippen molar-refractivity contribution in [1.29, 1.82) is 0 Å². The third kappa shape index (κ3) is 2.63. The highest BCUT2D eigenvalue weighted by molar-refractivity contribution is 7.13. The summed E-state index contributed by atoms with van der Waals surface area (Å²) in [6.45, 7) is 1.46. The zero-order chi connectivity index (χ0) is 14.8. The normalized spacial score (nSPS) is 10.5. The third-order valence-corrected chi connectivity index (χ3v) is 3.75. The molecule has 7 heteroatoms. The summed E-state index contributed by atoms with van der Waals surface area (Å²) in [4.78, 5) is 12.1. The maximum atomic E-state index is 11.1. The molecule has 0 aliphatic carbocycles. The molecule has 0 unspecified atom stereocenters. The number of nitrogen functional groups attached to an aromatic ring is 1. The van der Waals surface area contributed by atoms with Gasteiger partial charge in [-0.25, -0.2) is 0 Å². The van der Waals surface area contributed by atoms with Crippen LogP contribution in [0.25, 0.3) is 16.3 Å². The molecular weight excluding hydrogens is 286 g/mol. The van der Waals surface area contributed by atoms with Crippen molar-refractivity contribution in [2.24, 2.45) is 0 Å². The molecule has 6 nitrogen and oxygen atoms in total. The van der Waals surface area contributed by atoms with Gasteiger partial charge in [-0.3, -0.25) is 4.79 Å². The van der Waals surface area contributed by atoms with Crippen LogP contribution in [0, 0.1) is 0 Å². The van der Waals surface area contributed by atoms with Gasteiger partial charge in [-0.15, -0.1) is 16.4 Å². The molecule has 2 heterocycles. The number of rotatable bonds is 3. The highest BCUT2D eigenvalue weighted by Crippen LogP contribution is 2.29. The van der Waals surface area contributed by atoms with E-state index in [2.05, 4.69) is 15.6 Å². The Morgan fingerprint density at radius 1 is 1.33 bits per heavy atom. The minimum atomic E-state index is -0.127. The van der Waals surface area contributed by atoms with Crippen LogP contribution in [0.2, 0.25) is 0 Å². The van der Waals surface area contributed by atoms with Crippen LogP contribution in [0.15, 0.2) is 41.8 Å². The number of benzene rings is 1. The number of carbonyl (C=O) groups excluding carboxylic acids is 1. The van der Waals surface area contributed by atoms with E-state index in [9.17, 15) is 4.79 Å². The van der Waals surface area contributed by atoms with Crippen LogP contribution in [0.1, 0.15) is 6.92 Å². The van der Waals surface area contributed by atoms with Crippen LogP contribution in [0.4, 0.5) is 11.5 Å². The summed E-state index contributed by atoms with van der Waals surface area (Å²) < 4.78 is 1.56. The molecule has 3 rings (SSSR count). The smallest absolute Gasteiger partial charge is 0.221 e. The molecule has 1 amide bonds. The summed E-state index contributed by atoms with van der Waals surface area (Å²) in [5.41, 5.74) is 8.23. The number of anilines is 2. The first-order chi connectivity index (χ1) is 10.1. The van der Waals surface area contributed by atoms with Crippen LogP contribution in [-0.2, 0) is 4.79 Å². The molecule has 0 saturated heterocycles. The molecule has 0 saturated carbocycles. The van der Waals surface area contributed by atoms with Crippen molar-refractivity contribution >= 4 is 28.7 Å². The number of hydrogen-bond acceptors (Lipinski definition) is 5. The Bertz CT molecular complexity index is 779. The van der Waals surface area contributed by atoms with E-state index in [-0.39, 0.29) is 5.91 Å². The largest absolute Gasteiger partial charge is 0.382 e. The molecule has 0 radical (unpaired) electrons. The summed E-state index contributed by atoms with van der Waals surface area (Å²) in [6, 6.07) is 11.2. The molecule has 0 aliphatic rings. The molecule has 21 heavy (non-hydrogen) atoms. The molecule has 3 aromatic rings. The molecular formula is C14H13N5OS. The maximum Gasteiger partial charge on any atom is 0.221 e. The third-order valence-electron chi connectivity index (χ3n) is 2.87. The van der Waals surface area contributed by atoms with Crippen molar-refractivity contribution in [1.82, 2.24) is 15.0 Å². The average Bonchev–Trinajstić information content (AvgIpc) is 3.07. The second-order valence-electron chi connectivity index (χ2n) is 4.44. The van der Waals surface area contributed by atoms with E-state index in [4.69, 9.17) is 5.73 Å². The SMILES string of the molecule is CC(=O)Nc1cccc(-n2nnc(-c3cccs3)c2N)c1. The first-order valence-corrected chi connectivity index (χ1v) is 7.16. The average molecular weight is 299 g/mol. The Kier molecular flexibility index (Phi) is 3.41. The van der Waals surface area contributed by atoms with Crippen molar-refractivity contribution in [2.75, 3.05) is 11.1 Å². The van der Waals surface area contributed by atoms with E-state index >= 15 is 0 Å². The number of nitrogens with two attached hydrogens (primary N) is 1. The number of amides is 1. The Labute approximate surface area is 125 Å². The van der Waals surface area contributed by atoms with Gasteiger partial charge in [0.2, 0.25) is 5.91 Å².